The number of rotatable bonds is 8. The average Bonchev–Trinajstić information content (AvgIpc) is 2.74. The summed E-state index contributed by atoms with van der Waals surface area (Å²) in [6, 6.07) is 11.6. The topological polar surface area (TPSA) is 55.2 Å². The van der Waals surface area contributed by atoms with Crippen LogP contribution >= 0.6 is 23.4 Å². The molecule has 0 aliphatic carbocycles. The van der Waals surface area contributed by atoms with Gasteiger partial charge in [0.25, 0.3) is 5.56 Å². The molecule has 0 N–H and O–H groups in total. The van der Waals surface area contributed by atoms with Crippen LogP contribution in [-0.2, 0) is 17.9 Å². The van der Waals surface area contributed by atoms with Crippen LogP contribution in [0, 0.1) is 5.82 Å². The van der Waals surface area contributed by atoms with Crippen LogP contribution in [0.25, 0.3) is 10.9 Å². The largest absolute Gasteiger partial charge is 0.341 e. The molecule has 3 aromatic rings. The molecule has 1 heterocycles. The van der Waals surface area contributed by atoms with Crippen molar-refractivity contribution in [1.82, 2.24) is 14.5 Å². The minimum atomic E-state index is -0.445. The zero-order valence-electron chi connectivity index (χ0n) is 16.9. The molecule has 0 bridgehead atoms. The van der Waals surface area contributed by atoms with Crippen molar-refractivity contribution in [2.24, 2.45) is 0 Å². The number of hydrogen-bond acceptors (Lipinski definition) is 4. The fourth-order valence-electron chi connectivity index (χ4n) is 3.02. The number of aromatic nitrogens is 2. The molecular weight excluding hydrogens is 425 g/mol. The van der Waals surface area contributed by atoms with Gasteiger partial charge in [0.15, 0.2) is 5.16 Å². The molecule has 1 amide bonds. The lowest BCUT2D eigenvalue weighted by molar-refractivity contribution is -0.127. The molecule has 0 saturated heterocycles. The molecule has 0 unspecified atom stereocenters. The highest BCUT2D eigenvalue weighted by atomic mass is 35.5. The Labute approximate surface area is 183 Å². The number of carbonyl (C=O) groups is 1. The van der Waals surface area contributed by atoms with E-state index in [0.717, 1.165) is 12.8 Å². The summed E-state index contributed by atoms with van der Waals surface area (Å²) in [5.41, 5.74) is 0.788. The van der Waals surface area contributed by atoms with E-state index in [2.05, 4.69) is 11.9 Å². The molecular formula is C22H23ClFN3O2S. The molecule has 0 aliphatic rings. The van der Waals surface area contributed by atoms with Gasteiger partial charge >= 0.3 is 0 Å². The van der Waals surface area contributed by atoms with Crippen molar-refractivity contribution in [3.8, 4) is 0 Å². The number of para-hydroxylation sites is 1. The molecule has 0 fully saturated rings. The Morgan fingerprint density at radius 2 is 2.00 bits per heavy atom. The first kappa shape index (κ1) is 22.3. The maximum Gasteiger partial charge on any atom is 0.262 e. The average molecular weight is 448 g/mol. The monoisotopic (exact) mass is 447 g/mol. The smallest absolute Gasteiger partial charge is 0.262 e. The lowest BCUT2D eigenvalue weighted by Gasteiger charge is -2.19. The van der Waals surface area contributed by atoms with Crippen molar-refractivity contribution in [2.75, 3.05) is 12.8 Å². The summed E-state index contributed by atoms with van der Waals surface area (Å²) in [6.07, 6.45) is 1.78. The van der Waals surface area contributed by atoms with E-state index in [1.807, 2.05) is 12.1 Å². The minimum absolute atomic E-state index is 0.0681. The van der Waals surface area contributed by atoms with E-state index < -0.39 is 5.82 Å². The molecule has 158 valence electrons. The summed E-state index contributed by atoms with van der Waals surface area (Å²) in [6.45, 7) is 2.67. The van der Waals surface area contributed by atoms with Crippen LogP contribution in [0.2, 0.25) is 5.02 Å². The molecule has 0 saturated carbocycles. The number of unbranched alkanes of at least 4 members (excludes halogenated alkanes) is 1. The number of nitrogens with zero attached hydrogens (tertiary/aromatic N) is 3. The molecule has 0 aliphatic heterocycles. The van der Waals surface area contributed by atoms with Crippen molar-refractivity contribution >= 4 is 40.2 Å². The minimum Gasteiger partial charge on any atom is -0.341 e. The predicted molar refractivity (Wildman–Crippen MR) is 120 cm³/mol. The first-order valence-electron chi connectivity index (χ1n) is 9.71. The van der Waals surface area contributed by atoms with Crippen molar-refractivity contribution in [3.05, 3.63) is 69.2 Å². The second-order valence-corrected chi connectivity index (χ2v) is 8.31. The van der Waals surface area contributed by atoms with E-state index in [-0.39, 0.29) is 34.4 Å². The summed E-state index contributed by atoms with van der Waals surface area (Å²) < 4.78 is 15.6. The van der Waals surface area contributed by atoms with Crippen LogP contribution in [-0.4, -0.2) is 33.2 Å². The molecule has 0 spiro atoms. The van der Waals surface area contributed by atoms with Crippen molar-refractivity contribution < 1.29 is 9.18 Å². The third-order valence-electron chi connectivity index (χ3n) is 4.77. The lowest BCUT2D eigenvalue weighted by atomic mass is 10.2. The highest BCUT2D eigenvalue weighted by molar-refractivity contribution is 7.99. The number of thioether (sulfide) groups is 1. The van der Waals surface area contributed by atoms with Gasteiger partial charge in [0.05, 0.1) is 16.7 Å². The van der Waals surface area contributed by atoms with Gasteiger partial charge in [-0.3, -0.25) is 14.2 Å². The SMILES string of the molecule is CCCCn1c(SCC(=O)N(C)Cc2c(F)cccc2Cl)nc2ccccc2c1=O. The van der Waals surface area contributed by atoms with E-state index in [4.69, 9.17) is 11.6 Å². The molecule has 3 rings (SSSR count). The molecule has 0 radical (unpaired) electrons. The van der Waals surface area contributed by atoms with E-state index in [1.165, 1.54) is 28.8 Å². The molecule has 5 nitrogen and oxygen atoms in total. The van der Waals surface area contributed by atoms with Crippen LogP contribution in [0.3, 0.4) is 0 Å². The van der Waals surface area contributed by atoms with Gasteiger partial charge in [-0.25, -0.2) is 9.37 Å². The van der Waals surface area contributed by atoms with Crippen molar-refractivity contribution in [1.29, 1.82) is 0 Å². The summed E-state index contributed by atoms with van der Waals surface area (Å²) in [7, 11) is 1.60. The zero-order chi connectivity index (χ0) is 21.7. The van der Waals surface area contributed by atoms with Crippen LogP contribution in [0.5, 0.6) is 0 Å². The third kappa shape index (κ3) is 5.02. The second kappa shape index (κ2) is 10.1. The number of benzene rings is 2. The molecule has 0 atom stereocenters. The van der Waals surface area contributed by atoms with Gasteiger partial charge < -0.3 is 4.90 Å². The molecule has 8 heteroatoms. The van der Waals surface area contributed by atoms with Crippen LogP contribution in [0.1, 0.15) is 25.3 Å². The molecule has 2 aromatic carbocycles. The highest BCUT2D eigenvalue weighted by Gasteiger charge is 2.17. The summed E-state index contributed by atoms with van der Waals surface area (Å²) in [5, 5.41) is 1.36. The Balaban J connectivity index is 1.78. The standard InChI is InChI=1S/C22H23ClFN3O2S/c1-3-4-12-27-21(29)15-8-5-6-11-19(15)25-22(27)30-14-20(28)26(2)13-16-17(23)9-7-10-18(16)24/h5-11H,3-4,12-14H2,1-2H3. The van der Waals surface area contributed by atoms with Crippen LogP contribution < -0.4 is 5.56 Å². The zero-order valence-corrected chi connectivity index (χ0v) is 18.5. The number of amides is 1. The molecule has 30 heavy (non-hydrogen) atoms. The highest BCUT2D eigenvalue weighted by Crippen LogP contribution is 2.22. The first-order valence-corrected chi connectivity index (χ1v) is 11.1. The van der Waals surface area contributed by atoms with Crippen molar-refractivity contribution in [3.63, 3.8) is 0 Å². The fraction of sp³-hybridized carbons (Fsp3) is 0.318. The van der Waals surface area contributed by atoms with E-state index in [0.29, 0.717) is 22.6 Å². The Morgan fingerprint density at radius 3 is 2.73 bits per heavy atom. The first-order chi connectivity index (χ1) is 14.4. The van der Waals surface area contributed by atoms with Crippen molar-refractivity contribution in [2.45, 2.75) is 38.0 Å². The number of carbonyl (C=O) groups excluding carboxylic acids is 1. The van der Waals surface area contributed by atoms with Gasteiger partial charge in [0, 0.05) is 30.7 Å². The van der Waals surface area contributed by atoms with Gasteiger partial charge in [-0.15, -0.1) is 0 Å². The van der Waals surface area contributed by atoms with Crippen LogP contribution in [0.4, 0.5) is 4.39 Å². The van der Waals surface area contributed by atoms with Gasteiger partial charge in [-0.2, -0.15) is 0 Å². The summed E-state index contributed by atoms with van der Waals surface area (Å²) in [5.74, 6) is -0.567. The summed E-state index contributed by atoms with van der Waals surface area (Å²) >= 11 is 7.28. The Bertz CT molecular complexity index is 1100. The predicted octanol–water partition coefficient (Wildman–Crippen LogP) is 4.74. The Hall–Kier alpha value is -2.38. The quantitative estimate of drug-likeness (QED) is 0.369. The second-order valence-electron chi connectivity index (χ2n) is 6.96. The number of hydrogen-bond donors (Lipinski definition) is 0. The van der Waals surface area contributed by atoms with Gasteiger partial charge in [-0.1, -0.05) is 54.9 Å². The normalized spacial score (nSPS) is 11.1. The van der Waals surface area contributed by atoms with E-state index in [9.17, 15) is 14.0 Å². The van der Waals surface area contributed by atoms with Crippen LogP contribution in [0.15, 0.2) is 52.4 Å². The van der Waals surface area contributed by atoms with Gasteiger partial charge in [0.1, 0.15) is 5.82 Å². The number of halogens is 2. The van der Waals surface area contributed by atoms with E-state index >= 15 is 0 Å². The summed E-state index contributed by atoms with van der Waals surface area (Å²) in [4.78, 5) is 31.6. The van der Waals surface area contributed by atoms with Gasteiger partial charge in [0.2, 0.25) is 5.91 Å². The van der Waals surface area contributed by atoms with Gasteiger partial charge in [-0.05, 0) is 30.7 Å². The fourth-order valence-corrected chi connectivity index (χ4v) is 4.21. The Kier molecular flexibility index (Phi) is 7.50. The number of fused-ring (bicyclic) bond motifs is 1. The lowest BCUT2D eigenvalue weighted by Crippen LogP contribution is -2.29. The maximum atomic E-state index is 14.0. The third-order valence-corrected chi connectivity index (χ3v) is 6.08. The van der Waals surface area contributed by atoms with E-state index in [1.54, 1.807) is 29.8 Å². The maximum absolute atomic E-state index is 14.0. The molecule has 1 aromatic heterocycles. The Morgan fingerprint density at radius 1 is 1.23 bits per heavy atom.